The van der Waals surface area contributed by atoms with E-state index in [4.69, 9.17) is 4.42 Å². The largest absolute Gasteiger partial charge is 0.463 e. The minimum Gasteiger partial charge on any atom is -0.463 e. The first-order valence-corrected chi connectivity index (χ1v) is 5.16. The van der Waals surface area contributed by atoms with Crippen LogP contribution in [0, 0.1) is 11.8 Å². The summed E-state index contributed by atoms with van der Waals surface area (Å²) in [7, 11) is 0. The first-order valence-electron chi connectivity index (χ1n) is 5.16. The fourth-order valence-electron chi connectivity index (χ4n) is 1.86. The molecule has 0 aliphatic rings. The van der Waals surface area contributed by atoms with Crippen molar-refractivity contribution >= 4 is 11.5 Å². The number of aryl methyl sites for hydroxylation is 1. The third-order valence-electron chi connectivity index (χ3n) is 2.66. The summed E-state index contributed by atoms with van der Waals surface area (Å²) >= 11 is 0. The second kappa shape index (κ2) is 3.55. The summed E-state index contributed by atoms with van der Waals surface area (Å²) in [5.41, 5.74) is 2.17. The Morgan fingerprint density at radius 3 is 2.94 bits per heavy atom. The molecular weight excluding hydrogens is 218 g/mol. The van der Waals surface area contributed by atoms with Gasteiger partial charge in [0.25, 0.3) is 0 Å². The van der Waals surface area contributed by atoms with Crippen LogP contribution < -0.4 is 0 Å². The van der Waals surface area contributed by atoms with E-state index in [0.717, 1.165) is 5.56 Å². The lowest BCUT2D eigenvalue weighted by molar-refractivity contribution is 0.580. The van der Waals surface area contributed by atoms with Crippen molar-refractivity contribution in [2.75, 3.05) is 0 Å². The molecule has 0 spiro atoms. The maximum Gasteiger partial charge on any atom is 0.212 e. The van der Waals surface area contributed by atoms with Crippen LogP contribution in [0.5, 0.6) is 0 Å². The Kier molecular flexibility index (Phi) is 2.04. The van der Waals surface area contributed by atoms with Crippen LogP contribution in [-0.4, -0.2) is 9.38 Å². The number of hydrogen-bond donors (Lipinski definition) is 0. The molecule has 0 aromatic carbocycles. The molecular formula is C12H9N3O2. The van der Waals surface area contributed by atoms with Gasteiger partial charge in [0.2, 0.25) is 5.82 Å². The fraction of sp³-hybridized carbons (Fsp3) is 0.0833. The number of fused-ring (bicyclic) bond motifs is 1. The van der Waals surface area contributed by atoms with Crippen molar-refractivity contribution < 1.29 is 4.42 Å². The van der Waals surface area contributed by atoms with Crippen molar-refractivity contribution in [3.63, 3.8) is 0 Å². The van der Waals surface area contributed by atoms with Crippen LogP contribution in [0.25, 0.3) is 17.1 Å². The van der Waals surface area contributed by atoms with Crippen molar-refractivity contribution in [2.45, 2.75) is 6.92 Å². The zero-order valence-corrected chi connectivity index (χ0v) is 9.12. The smallest absolute Gasteiger partial charge is 0.212 e. The van der Waals surface area contributed by atoms with E-state index in [1.807, 2.05) is 19.1 Å². The Bertz CT molecular complexity index is 683. The summed E-state index contributed by atoms with van der Waals surface area (Å²) in [5.74, 6) is 0.807. The quantitative estimate of drug-likeness (QED) is 0.631. The van der Waals surface area contributed by atoms with Crippen LogP contribution in [0.1, 0.15) is 5.56 Å². The predicted molar refractivity (Wildman–Crippen MR) is 63.1 cm³/mol. The van der Waals surface area contributed by atoms with E-state index in [1.54, 1.807) is 29.0 Å². The van der Waals surface area contributed by atoms with Gasteiger partial charge in [-0.3, -0.25) is 4.40 Å². The van der Waals surface area contributed by atoms with Gasteiger partial charge in [0.1, 0.15) is 5.65 Å². The molecule has 3 aromatic rings. The second-order valence-electron chi connectivity index (χ2n) is 3.74. The molecule has 0 saturated heterocycles. The van der Waals surface area contributed by atoms with E-state index < -0.39 is 0 Å². The van der Waals surface area contributed by atoms with Crippen molar-refractivity contribution in [2.24, 2.45) is 5.18 Å². The summed E-state index contributed by atoms with van der Waals surface area (Å²) in [5, 5.41) is 3.05. The monoisotopic (exact) mass is 227 g/mol. The molecule has 5 heteroatoms. The number of rotatable bonds is 2. The van der Waals surface area contributed by atoms with E-state index >= 15 is 0 Å². The van der Waals surface area contributed by atoms with E-state index in [1.165, 1.54) is 0 Å². The maximum atomic E-state index is 11.0. The summed E-state index contributed by atoms with van der Waals surface area (Å²) in [6, 6.07) is 7.29. The lowest BCUT2D eigenvalue weighted by atomic mass is 10.3. The molecule has 0 N–H and O–H groups in total. The van der Waals surface area contributed by atoms with Gasteiger partial charge in [0.15, 0.2) is 11.5 Å². The average Bonchev–Trinajstić information content (AvgIpc) is 2.95. The molecule has 0 atom stereocenters. The lowest BCUT2D eigenvalue weighted by Gasteiger charge is -1.95. The van der Waals surface area contributed by atoms with Gasteiger partial charge in [-0.15, -0.1) is 4.91 Å². The van der Waals surface area contributed by atoms with Crippen molar-refractivity contribution in [3.8, 4) is 11.5 Å². The van der Waals surface area contributed by atoms with Crippen molar-refractivity contribution in [3.05, 3.63) is 47.2 Å². The molecule has 0 aliphatic heterocycles. The zero-order valence-electron chi connectivity index (χ0n) is 9.12. The van der Waals surface area contributed by atoms with Gasteiger partial charge in [-0.2, -0.15) is 0 Å². The Morgan fingerprint density at radius 2 is 2.24 bits per heavy atom. The summed E-state index contributed by atoms with van der Waals surface area (Å²) in [4.78, 5) is 15.4. The lowest BCUT2D eigenvalue weighted by Crippen LogP contribution is -1.85. The number of imidazole rings is 1. The molecule has 0 bridgehead atoms. The molecule has 0 amide bonds. The van der Waals surface area contributed by atoms with Gasteiger partial charge in [-0.1, -0.05) is 6.07 Å². The van der Waals surface area contributed by atoms with Crippen LogP contribution >= 0.6 is 0 Å². The van der Waals surface area contributed by atoms with E-state index in [9.17, 15) is 4.91 Å². The van der Waals surface area contributed by atoms with E-state index in [2.05, 4.69) is 10.2 Å². The third-order valence-corrected chi connectivity index (χ3v) is 2.66. The molecule has 0 radical (unpaired) electrons. The highest BCUT2D eigenvalue weighted by Gasteiger charge is 2.17. The van der Waals surface area contributed by atoms with Crippen LogP contribution in [0.3, 0.4) is 0 Å². The van der Waals surface area contributed by atoms with E-state index in [0.29, 0.717) is 17.1 Å². The molecule has 3 heterocycles. The van der Waals surface area contributed by atoms with Gasteiger partial charge in [0, 0.05) is 6.20 Å². The Balaban J connectivity index is 2.40. The molecule has 5 nitrogen and oxygen atoms in total. The summed E-state index contributed by atoms with van der Waals surface area (Å²) in [6.07, 6.45) is 3.30. The molecule has 0 unspecified atom stereocenters. The van der Waals surface area contributed by atoms with Crippen LogP contribution in [0.15, 0.2) is 46.3 Å². The number of furan rings is 1. The second-order valence-corrected chi connectivity index (χ2v) is 3.74. The Labute approximate surface area is 96.7 Å². The number of nitroso groups, excluding NO2 is 1. The number of hydrogen-bond acceptors (Lipinski definition) is 4. The van der Waals surface area contributed by atoms with Crippen molar-refractivity contribution in [1.29, 1.82) is 0 Å². The molecule has 0 fully saturated rings. The van der Waals surface area contributed by atoms with Gasteiger partial charge >= 0.3 is 0 Å². The first kappa shape index (κ1) is 9.77. The molecule has 0 aliphatic carbocycles. The summed E-state index contributed by atoms with van der Waals surface area (Å²) in [6.45, 7) is 1.93. The molecule has 3 aromatic heterocycles. The van der Waals surface area contributed by atoms with Gasteiger partial charge < -0.3 is 4.42 Å². The molecule has 3 rings (SSSR count). The highest BCUT2D eigenvalue weighted by molar-refractivity contribution is 5.72. The maximum absolute atomic E-state index is 11.0. The van der Waals surface area contributed by atoms with Crippen LogP contribution in [0.2, 0.25) is 0 Å². The normalized spacial score (nSPS) is 10.9. The fourth-order valence-corrected chi connectivity index (χ4v) is 1.86. The summed E-state index contributed by atoms with van der Waals surface area (Å²) < 4.78 is 6.92. The highest BCUT2D eigenvalue weighted by Crippen LogP contribution is 2.31. The van der Waals surface area contributed by atoms with Crippen LogP contribution in [-0.2, 0) is 0 Å². The number of pyridine rings is 1. The minimum atomic E-state index is 0.263. The average molecular weight is 227 g/mol. The Hall–Kier alpha value is -2.43. The molecule has 17 heavy (non-hydrogen) atoms. The van der Waals surface area contributed by atoms with Gasteiger partial charge in [-0.25, -0.2) is 4.98 Å². The standard InChI is InChI=1S/C12H9N3O2/c1-8-4-2-6-15-11(8)13-10(12(15)14-16)9-5-3-7-17-9/h2-7H,1H3. The number of nitrogens with zero attached hydrogens (tertiary/aromatic N) is 3. The van der Waals surface area contributed by atoms with Crippen molar-refractivity contribution in [1.82, 2.24) is 9.38 Å². The topological polar surface area (TPSA) is 59.9 Å². The number of aromatic nitrogens is 2. The van der Waals surface area contributed by atoms with Crippen LogP contribution in [0.4, 0.5) is 5.82 Å². The zero-order chi connectivity index (χ0) is 11.8. The highest BCUT2D eigenvalue weighted by atomic mass is 16.3. The molecule has 84 valence electrons. The van der Waals surface area contributed by atoms with Gasteiger partial charge in [0.05, 0.1) is 6.26 Å². The third kappa shape index (κ3) is 1.36. The molecule has 0 saturated carbocycles. The SMILES string of the molecule is Cc1cccn2c(N=O)c(-c3ccco3)nc12. The minimum absolute atomic E-state index is 0.263. The Morgan fingerprint density at radius 1 is 1.35 bits per heavy atom. The first-order chi connectivity index (χ1) is 8.31. The van der Waals surface area contributed by atoms with Gasteiger partial charge in [-0.05, 0) is 35.9 Å². The predicted octanol–water partition coefficient (Wildman–Crippen LogP) is 3.30. The van der Waals surface area contributed by atoms with E-state index in [-0.39, 0.29) is 5.82 Å².